The Balaban J connectivity index is 1.23. The lowest BCUT2D eigenvalue weighted by Crippen LogP contribution is -2.09. The summed E-state index contributed by atoms with van der Waals surface area (Å²) in [6.45, 7) is 0. The summed E-state index contributed by atoms with van der Waals surface area (Å²) in [7, 11) is 0. The van der Waals surface area contributed by atoms with Crippen molar-refractivity contribution in [3.8, 4) is 51.0 Å². The summed E-state index contributed by atoms with van der Waals surface area (Å²) < 4.78 is 4.81. The molecule has 5 nitrogen and oxygen atoms in total. The van der Waals surface area contributed by atoms with E-state index in [9.17, 15) is 0 Å². The highest BCUT2D eigenvalue weighted by molar-refractivity contribution is 6.23. The number of nitrogens with zero attached hydrogens (tertiary/aromatic N) is 5. The Bertz CT molecular complexity index is 3070. The second-order valence-corrected chi connectivity index (χ2v) is 14.4. The SMILES string of the molecule is C1=CCC(n2c3ccccc3c3ccc4c5ccccc5n(-c5nc(-c6cccc(-c7ccccc7)c6)nc(-c6cccc(-c7ccccc7)c6)n5)c4c32)C=C1. The fourth-order valence-corrected chi connectivity index (χ4v) is 8.50. The van der Waals surface area contributed by atoms with Crippen molar-refractivity contribution in [1.82, 2.24) is 24.1 Å². The average molecular weight is 718 g/mol. The first-order valence-electron chi connectivity index (χ1n) is 19.1. The third kappa shape index (κ3) is 5.28. The van der Waals surface area contributed by atoms with E-state index in [1.807, 2.05) is 12.1 Å². The summed E-state index contributed by atoms with van der Waals surface area (Å²) in [5.41, 5.74) is 10.9. The Labute approximate surface area is 324 Å². The van der Waals surface area contributed by atoms with Crippen LogP contribution in [-0.2, 0) is 0 Å². The third-order valence-corrected chi connectivity index (χ3v) is 11.1. The third-order valence-electron chi connectivity index (χ3n) is 11.1. The molecule has 0 N–H and O–H groups in total. The van der Waals surface area contributed by atoms with Crippen molar-refractivity contribution in [3.63, 3.8) is 0 Å². The predicted molar refractivity (Wildman–Crippen MR) is 231 cm³/mol. The van der Waals surface area contributed by atoms with Crippen molar-refractivity contribution in [2.45, 2.75) is 12.5 Å². The number of aromatic nitrogens is 5. The zero-order valence-corrected chi connectivity index (χ0v) is 30.5. The maximum absolute atomic E-state index is 5.40. The molecular weight excluding hydrogens is 683 g/mol. The molecule has 56 heavy (non-hydrogen) atoms. The largest absolute Gasteiger partial charge is 0.331 e. The van der Waals surface area contributed by atoms with Crippen LogP contribution in [0.3, 0.4) is 0 Å². The monoisotopic (exact) mass is 717 g/mol. The van der Waals surface area contributed by atoms with Gasteiger partial charge in [0, 0.05) is 38.2 Å². The number of fused-ring (bicyclic) bond motifs is 7. The summed E-state index contributed by atoms with van der Waals surface area (Å²) in [5, 5.41) is 4.76. The van der Waals surface area contributed by atoms with Crippen LogP contribution in [0.5, 0.6) is 0 Å². The van der Waals surface area contributed by atoms with E-state index in [0.717, 1.165) is 61.6 Å². The van der Waals surface area contributed by atoms with Crippen LogP contribution in [0.1, 0.15) is 12.5 Å². The molecule has 264 valence electrons. The summed E-state index contributed by atoms with van der Waals surface area (Å²) >= 11 is 0. The van der Waals surface area contributed by atoms with Gasteiger partial charge in [-0.05, 0) is 52.9 Å². The quantitative estimate of drug-likeness (QED) is 0.172. The predicted octanol–water partition coefficient (Wildman–Crippen LogP) is 12.8. The van der Waals surface area contributed by atoms with Crippen LogP contribution < -0.4 is 0 Å². The van der Waals surface area contributed by atoms with Gasteiger partial charge in [0.2, 0.25) is 5.95 Å². The Kier molecular flexibility index (Phi) is 7.56. The van der Waals surface area contributed by atoms with Crippen molar-refractivity contribution in [3.05, 3.63) is 194 Å². The highest BCUT2D eigenvalue weighted by Crippen LogP contribution is 2.42. The van der Waals surface area contributed by atoms with Gasteiger partial charge in [0.05, 0.1) is 22.6 Å². The van der Waals surface area contributed by atoms with E-state index in [0.29, 0.717) is 17.6 Å². The van der Waals surface area contributed by atoms with Gasteiger partial charge in [0.25, 0.3) is 0 Å². The molecule has 0 bridgehead atoms. The Morgan fingerprint density at radius 2 is 0.929 bits per heavy atom. The summed E-state index contributed by atoms with van der Waals surface area (Å²) in [6.07, 6.45) is 9.80. The van der Waals surface area contributed by atoms with Crippen LogP contribution in [0.15, 0.2) is 194 Å². The first-order chi connectivity index (χ1) is 27.8. The van der Waals surface area contributed by atoms with Gasteiger partial charge in [-0.25, -0.2) is 4.98 Å². The van der Waals surface area contributed by atoms with Gasteiger partial charge >= 0.3 is 0 Å². The molecule has 3 heterocycles. The zero-order valence-electron chi connectivity index (χ0n) is 30.5. The molecule has 1 aliphatic carbocycles. The van der Waals surface area contributed by atoms with Crippen molar-refractivity contribution in [2.75, 3.05) is 0 Å². The standard InChI is InChI=1S/C51H35N5/c1-4-16-34(17-5-1)36-20-14-22-38(32-36)49-52-50(39-23-15-21-37(33-39)35-18-6-2-7-19-35)54-51(53-49)56-46-29-13-11-27-42(46)44-31-30-43-41-26-10-12-28-45(41)55(47(43)48(44)56)40-24-8-3-9-25-40/h1-24,26-33,40H,25H2. The van der Waals surface area contributed by atoms with E-state index in [4.69, 9.17) is 15.0 Å². The maximum Gasteiger partial charge on any atom is 0.238 e. The Morgan fingerprint density at radius 3 is 1.54 bits per heavy atom. The molecule has 0 radical (unpaired) electrons. The lowest BCUT2D eigenvalue weighted by atomic mass is 10.0. The Morgan fingerprint density at radius 1 is 0.411 bits per heavy atom. The molecule has 1 atom stereocenters. The van der Waals surface area contributed by atoms with Gasteiger partial charge in [0.15, 0.2) is 11.6 Å². The number of para-hydroxylation sites is 2. The molecule has 0 aliphatic heterocycles. The number of hydrogen-bond acceptors (Lipinski definition) is 3. The molecule has 3 aromatic heterocycles. The maximum atomic E-state index is 5.40. The number of rotatable bonds is 6. The van der Waals surface area contributed by atoms with Crippen molar-refractivity contribution in [1.29, 1.82) is 0 Å². The average Bonchev–Trinajstić information content (AvgIpc) is 3.80. The van der Waals surface area contributed by atoms with Gasteiger partial charge in [-0.2, -0.15) is 9.97 Å². The van der Waals surface area contributed by atoms with Crippen LogP contribution in [0, 0.1) is 0 Å². The normalized spacial score (nSPS) is 14.0. The van der Waals surface area contributed by atoms with E-state index in [-0.39, 0.29) is 6.04 Å². The Hall–Kier alpha value is -7.37. The summed E-state index contributed by atoms with van der Waals surface area (Å²) in [5.74, 6) is 1.81. The molecule has 11 rings (SSSR count). The van der Waals surface area contributed by atoms with Gasteiger partial charge < -0.3 is 4.57 Å². The molecule has 0 saturated heterocycles. The summed E-state index contributed by atoms with van der Waals surface area (Å²) in [4.78, 5) is 16.0. The van der Waals surface area contributed by atoms with E-state index in [1.54, 1.807) is 0 Å². The highest BCUT2D eigenvalue weighted by atomic mass is 15.2. The van der Waals surface area contributed by atoms with Crippen LogP contribution in [0.4, 0.5) is 0 Å². The molecule has 10 aromatic rings. The zero-order chi connectivity index (χ0) is 37.0. The lowest BCUT2D eigenvalue weighted by molar-refractivity contribution is 0.648. The fourth-order valence-electron chi connectivity index (χ4n) is 8.50. The molecule has 7 aromatic carbocycles. The minimum atomic E-state index is 0.158. The van der Waals surface area contributed by atoms with E-state index >= 15 is 0 Å². The molecule has 0 saturated carbocycles. The van der Waals surface area contributed by atoms with Crippen molar-refractivity contribution >= 4 is 43.6 Å². The topological polar surface area (TPSA) is 48.5 Å². The van der Waals surface area contributed by atoms with E-state index in [2.05, 4.69) is 191 Å². The second kappa shape index (κ2) is 13.2. The summed E-state index contributed by atoms with van der Waals surface area (Å²) in [6, 6.07) is 60.1. The van der Waals surface area contributed by atoms with E-state index < -0.39 is 0 Å². The van der Waals surface area contributed by atoms with Crippen LogP contribution in [0.25, 0.3) is 94.6 Å². The molecule has 0 spiro atoms. The highest BCUT2D eigenvalue weighted by Gasteiger charge is 2.25. The minimum absolute atomic E-state index is 0.158. The van der Waals surface area contributed by atoms with Crippen LogP contribution >= 0.6 is 0 Å². The molecule has 1 aliphatic rings. The molecular formula is C51H35N5. The first kappa shape index (κ1) is 32.1. The molecule has 1 unspecified atom stereocenters. The molecule has 0 amide bonds. The molecule has 5 heteroatoms. The minimum Gasteiger partial charge on any atom is -0.331 e. The van der Waals surface area contributed by atoms with Gasteiger partial charge in [0.1, 0.15) is 0 Å². The van der Waals surface area contributed by atoms with Crippen molar-refractivity contribution in [2.24, 2.45) is 0 Å². The van der Waals surface area contributed by atoms with Gasteiger partial charge in [-0.15, -0.1) is 0 Å². The van der Waals surface area contributed by atoms with E-state index in [1.165, 1.54) is 21.8 Å². The molecule has 0 fully saturated rings. The lowest BCUT2D eigenvalue weighted by Gasteiger charge is -2.19. The van der Waals surface area contributed by atoms with Crippen LogP contribution in [0.2, 0.25) is 0 Å². The number of allylic oxidation sites excluding steroid dienone is 4. The van der Waals surface area contributed by atoms with Crippen molar-refractivity contribution < 1.29 is 0 Å². The first-order valence-corrected chi connectivity index (χ1v) is 19.1. The smallest absolute Gasteiger partial charge is 0.238 e. The number of benzene rings is 7. The van der Waals surface area contributed by atoms with Gasteiger partial charge in [-0.1, -0.05) is 170 Å². The fraction of sp³-hybridized carbons (Fsp3) is 0.0392. The van der Waals surface area contributed by atoms with Crippen LogP contribution in [-0.4, -0.2) is 24.1 Å². The number of hydrogen-bond donors (Lipinski definition) is 0. The second-order valence-electron chi connectivity index (χ2n) is 14.4. The van der Waals surface area contributed by atoms with Gasteiger partial charge in [-0.3, -0.25) is 4.57 Å².